The van der Waals surface area contributed by atoms with Gasteiger partial charge in [-0.25, -0.2) is 4.68 Å². The van der Waals surface area contributed by atoms with E-state index in [4.69, 9.17) is 11.6 Å². The van der Waals surface area contributed by atoms with Gasteiger partial charge < -0.3 is 5.11 Å². The Kier molecular flexibility index (Phi) is 4.78. The topological polar surface area (TPSA) is 68.8 Å². The molecule has 0 fully saturated rings. The molecule has 132 valence electrons. The predicted octanol–water partition coefficient (Wildman–Crippen LogP) is 2.82. The van der Waals surface area contributed by atoms with Gasteiger partial charge in [0.15, 0.2) is 0 Å². The summed E-state index contributed by atoms with van der Waals surface area (Å²) in [5.41, 5.74) is 1.32. The fourth-order valence-electron chi connectivity index (χ4n) is 2.26. The molecule has 0 radical (unpaired) electrons. The van der Waals surface area contributed by atoms with E-state index in [0.29, 0.717) is 22.0 Å². The Morgan fingerprint density at radius 2 is 1.84 bits per heavy atom. The average molecular weight is 372 g/mol. The normalized spacial score (nSPS) is 13.2. The van der Waals surface area contributed by atoms with E-state index < -0.39 is 18.8 Å². The van der Waals surface area contributed by atoms with Gasteiger partial charge in [-0.1, -0.05) is 28.9 Å². The van der Waals surface area contributed by atoms with Crippen molar-refractivity contribution >= 4 is 11.6 Å². The minimum atomic E-state index is -4.33. The standard InChI is InChI=1S/C15H13ClF3N5O/c16-11-3-1-10(2-4-11)14(25)13-8-24(22-20-13)7-12-5-6-23(21-12)9-15(17,18)19/h1-6,8,14,25H,7,9H2. The van der Waals surface area contributed by atoms with Crippen LogP contribution in [0.2, 0.25) is 5.02 Å². The lowest BCUT2D eigenvalue weighted by Crippen LogP contribution is -2.18. The average Bonchev–Trinajstić information content (AvgIpc) is 3.16. The molecule has 0 spiro atoms. The molecule has 0 saturated carbocycles. The van der Waals surface area contributed by atoms with E-state index in [9.17, 15) is 18.3 Å². The third-order valence-corrected chi connectivity index (χ3v) is 3.64. The summed E-state index contributed by atoms with van der Waals surface area (Å²) >= 11 is 5.81. The SMILES string of the molecule is OC(c1ccc(Cl)cc1)c1cn(Cc2ccn(CC(F)(F)F)n2)nn1. The monoisotopic (exact) mass is 371 g/mol. The first-order valence-corrected chi connectivity index (χ1v) is 7.60. The third kappa shape index (κ3) is 4.58. The lowest BCUT2D eigenvalue weighted by atomic mass is 10.1. The van der Waals surface area contributed by atoms with Crippen LogP contribution in [-0.4, -0.2) is 36.1 Å². The van der Waals surface area contributed by atoms with Crippen LogP contribution in [0.15, 0.2) is 42.7 Å². The molecule has 1 N–H and O–H groups in total. The summed E-state index contributed by atoms with van der Waals surface area (Å²) in [5, 5.41) is 22.4. The number of rotatable bonds is 5. The maximum absolute atomic E-state index is 12.3. The van der Waals surface area contributed by atoms with Crippen molar-refractivity contribution in [2.45, 2.75) is 25.4 Å². The summed E-state index contributed by atoms with van der Waals surface area (Å²) in [4.78, 5) is 0. The van der Waals surface area contributed by atoms with Crippen LogP contribution in [-0.2, 0) is 13.1 Å². The van der Waals surface area contributed by atoms with Crippen LogP contribution in [0.1, 0.15) is 23.1 Å². The maximum atomic E-state index is 12.3. The van der Waals surface area contributed by atoms with Crippen LogP contribution >= 0.6 is 11.6 Å². The smallest absolute Gasteiger partial charge is 0.382 e. The summed E-state index contributed by atoms with van der Waals surface area (Å²) in [6.07, 6.45) is -2.54. The zero-order valence-corrected chi connectivity index (χ0v) is 13.5. The molecule has 0 aliphatic heterocycles. The van der Waals surface area contributed by atoms with Crippen LogP contribution in [0.4, 0.5) is 13.2 Å². The van der Waals surface area contributed by atoms with Gasteiger partial charge in [-0.3, -0.25) is 4.68 Å². The molecule has 3 aromatic rings. The van der Waals surface area contributed by atoms with Crippen molar-refractivity contribution in [2.24, 2.45) is 0 Å². The number of hydrogen-bond donors (Lipinski definition) is 1. The van der Waals surface area contributed by atoms with Gasteiger partial charge in [-0.2, -0.15) is 18.3 Å². The molecular weight excluding hydrogens is 359 g/mol. The molecule has 0 aliphatic rings. The van der Waals surface area contributed by atoms with Crippen molar-refractivity contribution in [3.63, 3.8) is 0 Å². The lowest BCUT2D eigenvalue weighted by molar-refractivity contribution is -0.142. The molecule has 10 heteroatoms. The number of hydrogen-bond acceptors (Lipinski definition) is 4. The van der Waals surface area contributed by atoms with Crippen LogP contribution in [0, 0.1) is 0 Å². The van der Waals surface area contributed by atoms with E-state index in [1.54, 1.807) is 24.3 Å². The third-order valence-electron chi connectivity index (χ3n) is 3.38. The van der Waals surface area contributed by atoms with E-state index in [0.717, 1.165) is 4.68 Å². The van der Waals surface area contributed by atoms with Crippen LogP contribution in [0.25, 0.3) is 0 Å². The Morgan fingerprint density at radius 3 is 2.52 bits per heavy atom. The molecule has 1 atom stereocenters. The number of benzene rings is 1. The second-order valence-corrected chi connectivity index (χ2v) is 5.85. The summed E-state index contributed by atoms with van der Waals surface area (Å²) in [6.45, 7) is -1.00. The summed E-state index contributed by atoms with van der Waals surface area (Å²) < 4.78 is 39.2. The predicted molar refractivity (Wildman–Crippen MR) is 82.9 cm³/mol. The first-order chi connectivity index (χ1) is 11.8. The highest BCUT2D eigenvalue weighted by Crippen LogP contribution is 2.21. The Morgan fingerprint density at radius 1 is 1.12 bits per heavy atom. The number of aliphatic hydroxyl groups is 1. The van der Waals surface area contributed by atoms with Crippen molar-refractivity contribution in [3.8, 4) is 0 Å². The van der Waals surface area contributed by atoms with E-state index in [-0.39, 0.29) is 6.54 Å². The first-order valence-electron chi connectivity index (χ1n) is 7.23. The van der Waals surface area contributed by atoms with E-state index in [1.165, 1.54) is 23.1 Å². The highest BCUT2D eigenvalue weighted by molar-refractivity contribution is 6.30. The van der Waals surface area contributed by atoms with Crippen molar-refractivity contribution < 1.29 is 18.3 Å². The number of alkyl halides is 3. The quantitative estimate of drug-likeness (QED) is 0.748. The second-order valence-electron chi connectivity index (χ2n) is 5.41. The molecule has 0 amide bonds. The number of nitrogens with zero attached hydrogens (tertiary/aromatic N) is 5. The number of aliphatic hydroxyl groups excluding tert-OH is 1. The fraction of sp³-hybridized carbons (Fsp3) is 0.267. The van der Waals surface area contributed by atoms with Gasteiger partial charge in [0, 0.05) is 11.2 Å². The minimum absolute atomic E-state index is 0.144. The Balaban J connectivity index is 1.68. The molecule has 25 heavy (non-hydrogen) atoms. The Bertz CT molecular complexity index is 843. The zero-order valence-electron chi connectivity index (χ0n) is 12.7. The van der Waals surface area contributed by atoms with Crippen molar-refractivity contribution in [2.75, 3.05) is 0 Å². The Hall–Kier alpha value is -2.39. The van der Waals surface area contributed by atoms with Crippen LogP contribution < -0.4 is 0 Å². The zero-order chi connectivity index (χ0) is 18.0. The van der Waals surface area contributed by atoms with Gasteiger partial charge in [0.1, 0.15) is 18.3 Å². The van der Waals surface area contributed by atoms with E-state index in [1.807, 2.05) is 0 Å². The van der Waals surface area contributed by atoms with Gasteiger partial charge in [0.25, 0.3) is 0 Å². The van der Waals surface area contributed by atoms with Gasteiger partial charge in [-0.05, 0) is 23.8 Å². The molecule has 6 nitrogen and oxygen atoms in total. The molecule has 1 aromatic carbocycles. The molecule has 0 saturated heterocycles. The van der Waals surface area contributed by atoms with Crippen LogP contribution in [0.5, 0.6) is 0 Å². The molecule has 1 unspecified atom stereocenters. The van der Waals surface area contributed by atoms with Crippen molar-refractivity contribution in [1.82, 2.24) is 24.8 Å². The maximum Gasteiger partial charge on any atom is 0.408 e. The molecule has 3 rings (SSSR count). The molecule has 2 heterocycles. The summed E-state index contributed by atoms with van der Waals surface area (Å²) in [7, 11) is 0. The number of halogens is 4. The molecule has 0 aliphatic carbocycles. The van der Waals surface area contributed by atoms with Gasteiger partial charge in [0.05, 0.1) is 18.4 Å². The van der Waals surface area contributed by atoms with E-state index in [2.05, 4.69) is 15.4 Å². The van der Waals surface area contributed by atoms with Gasteiger partial charge >= 0.3 is 6.18 Å². The summed E-state index contributed by atoms with van der Waals surface area (Å²) in [6, 6.07) is 8.12. The van der Waals surface area contributed by atoms with E-state index >= 15 is 0 Å². The Labute approximate surface area is 145 Å². The minimum Gasteiger partial charge on any atom is -0.382 e. The first kappa shape index (κ1) is 17.4. The second kappa shape index (κ2) is 6.85. The van der Waals surface area contributed by atoms with Crippen LogP contribution in [0.3, 0.4) is 0 Å². The highest BCUT2D eigenvalue weighted by Gasteiger charge is 2.28. The number of aromatic nitrogens is 5. The van der Waals surface area contributed by atoms with Crippen molar-refractivity contribution in [3.05, 3.63) is 64.7 Å². The lowest BCUT2D eigenvalue weighted by Gasteiger charge is -2.07. The van der Waals surface area contributed by atoms with Gasteiger partial charge in [0.2, 0.25) is 0 Å². The largest absolute Gasteiger partial charge is 0.408 e. The molecule has 2 aromatic heterocycles. The molecular formula is C15H13ClF3N5O. The summed E-state index contributed by atoms with van der Waals surface area (Å²) in [5.74, 6) is 0. The fourth-order valence-corrected chi connectivity index (χ4v) is 2.38. The highest BCUT2D eigenvalue weighted by atomic mass is 35.5. The molecule has 0 bridgehead atoms. The van der Waals surface area contributed by atoms with Crippen molar-refractivity contribution in [1.29, 1.82) is 0 Å². The van der Waals surface area contributed by atoms with Gasteiger partial charge in [-0.15, -0.1) is 5.10 Å².